The van der Waals surface area contributed by atoms with Crippen LogP contribution in [0.25, 0.3) is 0 Å². The van der Waals surface area contributed by atoms with E-state index in [9.17, 15) is 4.79 Å². The van der Waals surface area contributed by atoms with Crippen molar-refractivity contribution in [3.05, 3.63) is 40.7 Å². The number of rotatable bonds is 4. The van der Waals surface area contributed by atoms with Gasteiger partial charge in [-0.1, -0.05) is 0 Å². The SMILES string of the molecule is O=C(CCc1ccco1)N1CCCC[C@@H]1c1nccs1. The molecule has 1 fully saturated rings. The monoisotopic (exact) mass is 290 g/mol. The smallest absolute Gasteiger partial charge is 0.223 e. The molecule has 0 saturated carbocycles. The lowest BCUT2D eigenvalue weighted by Gasteiger charge is -2.34. The van der Waals surface area contributed by atoms with Gasteiger partial charge in [-0.3, -0.25) is 4.79 Å². The van der Waals surface area contributed by atoms with Crippen molar-refractivity contribution >= 4 is 17.2 Å². The van der Waals surface area contributed by atoms with Gasteiger partial charge in [0.15, 0.2) is 0 Å². The van der Waals surface area contributed by atoms with Crippen molar-refractivity contribution < 1.29 is 9.21 Å². The average Bonchev–Trinajstić information content (AvgIpc) is 3.18. The number of nitrogens with zero attached hydrogens (tertiary/aromatic N) is 2. The number of hydrogen-bond donors (Lipinski definition) is 0. The lowest BCUT2D eigenvalue weighted by Crippen LogP contribution is -2.38. The lowest BCUT2D eigenvalue weighted by molar-refractivity contribution is -0.135. The molecule has 5 heteroatoms. The van der Waals surface area contributed by atoms with Crippen LogP contribution in [0.1, 0.15) is 42.5 Å². The van der Waals surface area contributed by atoms with Gasteiger partial charge in [-0.05, 0) is 31.4 Å². The highest BCUT2D eigenvalue weighted by molar-refractivity contribution is 7.09. The third-order valence-corrected chi connectivity index (χ3v) is 4.60. The molecule has 0 unspecified atom stereocenters. The first-order valence-corrected chi connectivity index (χ1v) is 7.94. The Balaban J connectivity index is 1.65. The number of thiazole rings is 1. The summed E-state index contributed by atoms with van der Waals surface area (Å²) in [6, 6.07) is 3.95. The van der Waals surface area contributed by atoms with E-state index in [0.29, 0.717) is 12.8 Å². The van der Waals surface area contributed by atoms with E-state index < -0.39 is 0 Å². The highest BCUT2D eigenvalue weighted by atomic mass is 32.1. The van der Waals surface area contributed by atoms with Gasteiger partial charge in [0.2, 0.25) is 5.91 Å². The standard InChI is InChI=1S/C15H18N2O2S/c18-14(7-6-12-4-3-10-19-12)17-9-2-1-5-13(17)15-16-8-11-20-15/h3-4,8,10-11,13H,1-2,5-7,9H2/t13-/m1/s1. The van der Waals surface area contributed by atoms with Crippen LogP contribution >= 0.6 is 11.3 Å². The molecular formula is C15H18N2O2S. The number of carbonyl (C=O) groups is 1. The number of piperidine rings is 1. The molecule has 2 aromatic heterocycles. The molecule has 0 spiro atoms. The summed E-state index contributed by atoms with van der Waals surface area (Å²) in [5.41, 5.74) is 0. The molecule has 3 heterocycles. The number of hydrogen-bond acceptors (Lipinski definition) is 4. The van der Waals surface area contributed by atoms with E-state index in [0.717, 1.165) is 30.2 Å². The number of furan rings is 1. The van der Waals surface area contributed by atoms with Crippen LogP contribution in [0, 0.1) is 0 Å². The van der Waals surface area contributed by atoms with Crippen LogP contribution in [-0.4, -0.2) is 22.3 Å². The molecule has 1 aliphatic heterocycles. The molecule has 1 saturated heterocycles. The van der Waals surface area contributed by atoms with E-state index in [-0.39, 0.29) is 11.9 Å². The molecule has 4 nitrogen and oxygen atoms in total. The zero-order chi connectivity index (χ0) is 13.8. The Labute approximate surface area is 122 Å². The fourth-order valence-corrected chi connectivity index (χ4v) is 3.50. The summed E-state index contributed by atoms with van der Waals surface area (Å²) >= 11 is 1.64. The second-order valence-electron chi connectivity index (χ2n) is 5.05. The summed E-state index contributed by atoms with van der Waals surface area (Å²) in [5, 5.41) is 3.05. The van der Waals surface area contributed by atoms with Crippen LogP contribution in [0.4, 0.5) is 0 Å². The molecule has 3 rings (SSSR count). The molecule has 0 aromatic carbocycles. The normalized spacial score (nSPS) is 19.2. The zero-order valence-electron chi connectivity index (χ0n) is 11.3. The summed E-state index contributed by atoms with van der Waals surface area (Å²) < 4.78 is 5.29. The Morgan fingerprint density at radius 1 is 1.50 bits per heavy atom. The average molecular weight is 290 g/mol. The van der Waals surface area contributed by atoms with E-state index in [4.69, 9.17) is 4.42 Å². The predicted molar refractivity (Wildman–Crippen MR) is 77.4 cm³/mol. The fourth-order valence-electron chi connectivity index (χ4n) is 2.71. The summed E-state index contributed by atoms with van der Waals surface area (Å²) in [5.74, 6) is 1.09. The molecule has 0 N–H and O–H groups in total. The number of carbonyl (C=O) groups excluding carboxylic acids is 1. The molecule has 1 aliphatic rings. The molecular weight excluding hydrogens is 272 g/mol. The molecule has 20 heavy (non-hydrogen) atoms. The maximum atomic E-state index is 12.5. The summed E-state index contributed by atoms with van der Waals surface area (Å²) in [7, 11) is 0. The summed E-state index contributed by atoms with van der Waals surface area (Å²) in [4.78, 5) is 18.9. The van der Waals surface area contributed by atoms with Gasteiger partial charge in [-0.2, -0.15) is 0 Å². The van der Waals surface area contributed by atoms with Crippen LogP contribution in [0.15, 0.2) is 34.4 Å². The van der Waals surface area contributed by atoms with Crippen molar-refractivity contribution in [3.8, 4) is 0 Å². The van der Waals surface area contributed by atoms with Crippen LogP contribution < -0.4 is 0 Å². The highest BCUT2D eigenvalue weighted by Gasteiger charge is 2.29. The highest BCUT2D eigenvalue weighted by Crippen LogP contribution is 2.32. The second-order valence-corrected chi connectivity index (χ2v) is 5.97. The third-order valence-electron chi connectivity index (χ3n) is 3.72. The maximum absolute atomic E-state index is 12.5. The molecule has 0 bridgehead atoms. The lowest BCUT2D eigenvalue weighted by atomic mass is 10.0. The molecule has 0 radical (unpaired) electrons. The van der Waals surface area contributed by atoms with Crippen LogP contribution in [0.2, 0.25) is 0 Å². The van der Waals surface area contributed by atoms with Gasteiger partial charge >= 0.3 is 0 Å². The van der Waals surface area contributed by atoms with Gasteiger partial charge in [0.1, 0.15) is 10.8 Å². The summed E-state index contributed by atoms with van der Waals surface area (Å²) in [6.07, 6.45) is 7.95. The fraction of sp³-hybridized carbons (Fsp3) is 0.467. The number of likely N-dealkylation sites (tertiary alicyclic amines) is 1. The number of amides is 1. The third kappa shape index (κ3) is 2.93. The van der Waals surface area contributed by atoms with Crippen LogP contribution in [0.5, 0.6) is 0 Å². The van der Waals surface area contributed by atoms with Gasteiger partial charge < -0.3 is 9.32 Å². The first-order valence-electron chi connectivity index (χ1n) is 7.06. The quantitative estimate of drug-likeness (QED) is 0.866. The number of aryl methyl sites for hydroxylation is 1. The molecule has 0 aliphatic carbocycles. The minimum absolute atomic E-state index is 0.174. The van der Waals surface area contributed by atoms with Crippen LogP contribution in [0.3, 0.4) is 0 Å². The van der Waals surface area contributed by atoms with E-state index in [1.54, 1.807) is 17.6 Å². The minimum Gasteiger partial charge on any atom is -0.469 e. The van der Waals surface area contributed by atoms with Crippen molar-refractivity contribution in [1.29, 1.82) is 0 Å². The van der Waals surface area contributed by atoms with Crippen molar-refractivity contribution in [1.82, 2.24) is 9.88 Å². The Kier molecular flexibility index (Phi) is 4.16. The van der Waals surface area contributed by atoms with E-state index in [2.05, 4.69) is 4.98 Å². The van der Waals surface area contributed by atoms with E-state index >= 15 is 0 Å². The van der Waals surface area contributed by atoms with Gasteiger partial charge in [0.25, 0.3) is 0 Å². The van der Waals surface area contributed by atoms with Crippen molar-refractivity contribution in [3.63, 3.8) is 0 Å². The van der Waals surface area contributed by atoms with Gasteiger partial charge in [0, 0.05) is 31.0 Å². The molecule has 1 amide bonds. The van der Waals surface area contributed by atoms with Crippen molar-refractivity contribution in [2.75, 3.05) is 6.54 Å². The maximum Gasteiger partial charge on any atom is 0.223 e. The van der Waals surface area contributed by atoms with Crippen molar-refractivity contribution in [2.45, 2.75) is 38.1 Å². The predicted octanol–water partition coefficient (Wildman–Crippen LogP) is 3.42. The Morgan fingerprint density at radius 2 is 2.45 bits per heavy atom. The molecule has 106 valence electrons. The Hall–Kier alpha value is -1.62. The Bertz CT molecular complexity index is 536. The van der Waals surface area contributed by atoms with Gasteiger partial charge in [-0.15, -0.1) is 11.3 Å². The first kappa shape index (κ1) is 13.4. The summed E-state index contributed by atoms with van der Waals surface area (Å²) in [6.45, 7) is 0.848. The minimum atomic E-state index is 0.174. The van der Waals surface area contributed by atoms with E-state index in [1.807, 2.05) is 28.6 Å². The topological polar surface area (TPSA) is 46.3 Å². The van der Waals surface area contributed by atoms with E-state index in [1.165, 1.54) is 6.42 Å². The van der Waals surface area contributed by atoms with Gasteiger partial charge in [0.05, 0.1) is 12.3 Å². The largest absolute Gasteiger partial charge is 0.469 e. The van der Waals surface area contributed by atoms with Crippen molar-refractivity contribution in [2.24, 2.45) is 0 Å². The molecule has 1 atom stereocenters. The second kappa shape index (κ2) is 6.22. The zero-order valence-corrected chi connectivity index (χ0v) is 12.1. The number of aromatic nitrogens is 1. The van der Waals surface area contributed by atoms with Gasteiger partial charge in [-0.25, -0.2) is 4.98 Å². The van der Waals surface area contributed by atoms with Crippen LogP contribution in [-0.2, 0) is 11.2 Å². The first-order chi connectivity index (χ1) is 9.84. The Morgan fingerprint density at radius 3 is 3.20 bits per heavy atom. The molecule has 2 aromatic rings.